The van der Waals surface area contributed by atoms with Crippen LogP contribution in [0.1, 0.15) is 27.7 Å². The minimum Gasteiger partial charge on any atom is -0.120 e. The van der Waals surface area contributed by atoms with Crippen molar-refractivity contribution in [1.82, 2.24) is 0 Å². The van der Waals surface area contributed by atoms with Crippen molar-refractivity contribution in [2.45, 2.75) is 27.7 Å². The molecule has 0 heteroatoms. The molecule has 0 bridgehead atoms. The Bertz CT molecular complexity index is 353. The van der Waals surface area contributed by atoms with Crippen molar-refractivity contribution >= 4 is 0 Å². The predicted molar refractivity (Wildman–Crippen MR) is 58.5 cm³/mol. The fourth-order valence-corrected chi connectivity index (χ4v) is 1.15. The summed E-state index contributed by atoms with van der Waals surface area (Å²) in [5, 5.41) is 0. The predicted octanol–water partition coefficient (Wildman–Crippen LogP) is 3.94. The summed E-state index contributed by atoms with van der Waals surface area (Å²) in [6.07, 6.45) is 8.40. The highest BCUT2D eigenvalue weighted by molar-refractivity contribution is 5.47. The molecule has 1 aliphatic carbocycles. The van der Waals surface area contributed by atoms with Gasteiger partial charge in [0.25, 0.3) is 0 Å². The second kappa shape index (κ2) is 4.11. The average Bonchev–Trinajstić information content (AvgIpc) is 2.28. The van der Waals surface area contributed by atoms with E-state index in [2.05, 4.69) is 45.6 Å². The molecule has 0 atom stereocenters. The molecule has 0 saturated carbocycles. The maximum Gasteiger partial charge on any atom is -0.0124 e. The quantitative estimate of drug-likeness (QED) is 0.525. The number of rotatable bonds is 1. The van der Waals surface area contributed by atoms with E-state index in [-0.39, 0.29) is 0 Å². The fourth-order valence-electron chi connectivity index (χ4n) is 1.15. The van der Waals surface area contributed by atoms with E-state index < -0.39 is 0 Å². The van der Waals surface area contributed by atoms with Crippen molar-refractivity contribution in [2.24, 2.45) is 0 Å². The first kappa shape index (κ1) is 9.83. The Labute approximate surface area is 80.7 Å². The van der Waals surface area contributed by atoms with Gasteiger partial charge in [0.1, 0.15) is 0 Å². The highest BCUT2D eigenvalue weighted by Gasteiger charge is 1.98. The molecule has 0 unspecified atom stereocenters. The Hall–Kier alpha value is -1.26. The summed E-state index contributed by atoms with van der Waals surface area (Å²) in [6.45, 7) is 8.43. The third kappa shape index (κ3) is 2.34. The SMILES string of the molecule is C/C=C(\C)C1=CC(C)=C(C)C=C=C1. The second-order valence-electron chi connectivity index (χ2n) is 3.39. The zero-order chi connectivity index (χ0) is 9.84. The molecule has 0 aliphatic heterocycles. The maximum atomic E-state index is 3.18. The van der Waals surface area contributed by atoms with Crippen LogP contribution in [0.3, 0.4) is 0 Å². The van der Waals surface area contributed by atoms with Crippen LogP contribution in [0.5, 0.6) is 0 Å². The zero-order valence-electron chi connectivity index (χ0n) is 8.81. The summed E-state index contributed by atoms with van der Waals surface area (Å²) >= 11 is 0. The zero-order valence-corrected chi connectivity index (χ0v) is 8.81. The van der Waals surface area contributed by atoms with Crippen molar-refractivity contribution in [3.05, 3.63) is 52.3 Å². The number of allylic oxidation sites excluding steroid dienone is 7. The third-order valence-electron chi connectivity index (χ3n) is 2.42. The Morgan fingerprint density at radius 3 is 2.54 bits per heavy atom. The smallest absolute Gasteiger partial charge is 0.0124 e. The van der Waals surface area contributed by atoms with Gasteiger partial charge in [-0.1, -0.05) is 12.2 Å². The molecular formula is C13H16. The van der Waals surface area contributed by atoms with Crippen molar-refractivity contribution in [1.29, 1.82) is 0 Å². The van der Waals surface area contributed by atoms with Gasteiger partial charge in [-0.2, -0.15) is 0 Å². The van der Waals surface area contributed by atoms with E-state index in [1.807, 2.05) is 12.2 Å². The summed E-state index contributed by atoms with van der Waals surface area (Å²) in [7, 11) is 0. The van der Waals surface area contributed by atoms with E-state index in [0.29, 0.717) is 0 Å². The van der Waals surface area contributed by atoms with Crippen molar-refractivity contribution in [2.75, 3.05) is 0 Å². The molecule has 0 fully saturated rings. The standard InChI is InChI=1S/C13H16/c1-5-10(2)13-8-6-7-11(3)12(4)9-13/h5,7-9H,1-4H3/b10-5+. The molecule has 0 aromatic heterocycles. The van der Waals surface area contributed by atoms with Crippen LogP contribution in [-0.2, 0) is 0 Å². The molecule has 1 rings (SSSR count). The fraction of sp³-hybridized carbons (Fsp3) is 0.308. The van der Waals surface area contributed by atoms with Gasteiger partial charge in [0, 0.05) is 0 Å². The molecule has 0 N–H and O–H groups in total. The average molecular weight is 172 g/mol. The maximum absolute atomic E-state index is 3.18. The molecule has 0 aromatic rings. The van der Waals surface area contributed by atoms with E-state index in [4.69, 9.17) is 0 Å². The summed E-state index contributed by atoms with van der Waals surface area (Å²) < 4.78 is 0. The molecule has 1 aliphatic rings. The summed E-state index contributed by atoms with van der Waals surface area (Å²) in [5.41, 5.74) is 8.34. The van der Waals surface area contributed by atoms with E-state index in [1.54, 1.807) is 0 Å². The van der Waals surface area contributed by atoms with Gasteiger partial charge in [0.15, 0.2) is 0 Å². The van der Waals surface area contributed by atoms with Crippen LogP contribution in [-0.4, -0.2) is 0 Å². The van der Waals surface area contributed by atoms with Crippen LogP contribution in [0.15, 0.2) is 52.3 Å². The summed E-state index contributed by atoms with van der Waals surface area (Å²) in [6, 6.07) is 0. The van der Waals surface area contributed by atoms with Crippen LogP contribution in [0.25, 0.3) is 0 Å². The van der Waals surface area contributed by atoms with E-state index in [0.717, 1.165) is 0 Å². The Kier molecular flexibility index (Phi) is 3.11. The Balaban J connectivity index is 3.17. The van der Waals surface area contributed by atoms with Gasteiger partial charge in [-0.05, 0) is 62.1 Å². The molecule has 0 heterocycles. The van der Waals surface area contributed by atoms with Crippen molar-refractivity contribution < 1.29 is 0 Å². The van der Waals surface area contributed by atoms with Crippen molar-refractivity contribution in [3.63, 3.8) is 0 Å². The van der Waals surface area contributed by atoms with Crippen LogP contribution in [0, 0.1) is 0 Å². The van der Waals surface area contributed by atoms with Crippen LogP contribution < -0.4 is 0 Å². The topological polar surface area (TPSA) is 0 Å². The van der Waals surface area contributed by atoms with E-state index >= 15 is 0 Å². The van der Waals surface area contributed by atoms with Gasteiger partial charge in [0.2, 0.25) is 0 Å². The molecule has 0 aromatic carbocycles. The van der Waals surface area contributed by atoms with Crippen LogP contribution >= 0.6 is 0 Å². The summed E-state index contributed by atoms with van der Waals surface area (Å²) in [4.78, 5) is 0. The molecular weight excluding hydrogens is 156 g/mol. The summed E-state index contributed by atoms with van der Waals surface area (Å²) in [5.74, 6) is 0. The largest absolute Gasteiger partial charge is 0.120 e. The molecule has 0 radical (unpaired) electrons. The first-order valence-electron chi connectivity index (χ1n) is 4.60. The molecule has 0 amide bonds. The number of hydrogen-bond donors (Lipinski definition) is 0. The van der Waals surface area contributed by atoms with Gasteiger partial charge in [-0.3, -0.25) is 0 Å². The Morgan fingerprint density at radius 2 is 1.92 bits per heavy atom. The lowest BCUT2D eigenvalue weighted by molar-refractivity contribution is 1.34. The minimum atomic E-state index is 1.26. The first-order chi connectivity index (χ1) is 6.15. The van der Waals surface area contributed by atoms with Crippen LogP contribution in [0.4, 0.5) is 0 Å². The lowest BCUT2D eigenvalue weighted by atomic mass is 10.0. The van der Waals surface area contributed by atoms with Gasteiger partial charge in [-0.25, -0.2) is 0 Å². The highest BCUT2D eigenvalue weighted by Crippen LogP contribution is 2.18. The van der Waals surface area contributed by atoms with Crippen molar-refractivity contribution in [3.8, 4) is 0 Å². The first-order valence-corrected chi connectivity index (χ1v) is 4.60. The number of hydrogen-bond acceptors (Lipinski definition) is 0. The minimum absolute atomic E-state index is 1.26. The lowest BCUT2D eigenvalue weighted by Crippen LogP contribution is -1.81. The van der Waals surface area contributed by atoms with Gasteiger partial charge < -0.3 is 0 Å². The normalized spacial score (nSPS) is 17.5. The molecule has 0 nitrogen and oxygen atoms in total. The molecule has 0 spiro atoms. The van der Waals surface area contributed by atoms with E-state index in [9.17, 15) is 0 Å². The van der Waals surface area contributed by atoms with Crippen LogP contribution in [0.2, 0.25) is 0 Å². The lowest BCUT2D eigenvalue weighted by Gasteiger charge is -2.01. The molecule has 0 saturated heterocycles. The van der Waals surface area contributed by atoms with Gasteiger partial charge >= 0.3 is 0 Å². The van der Waals surface area contributed by atoms with E-state index in [1.165, 1.54) is 22.3 Å². The molecule has 68 valence electrons. The second-order valence-corrected chi connectivity index (χ2v) is 3.39. The Morgan fingerprint density at radius 1 is 1.23 bits per heavy atom. The third-order valence-corrected chi connectivity index (χ3v) is 2.42. The highest BCUT2D eigenvalue weighted by atomic mass is 14.0. The monoisotopic (exact) mass is 172 g/mol. The van der Waals surface area contributed by atoms with Gasteiger partial charge in [-0.15, -0.1) is 5.73 Å². The van der Waals surface area contributed by atoms with Gasteiger partial charge in [0.05, 0.1) is 0 Å². The molecule has 13 heavy (non-hydrogen) atoms.